The lowest BCUT2D eigenvalue weighted by molar-refractivity contribution is 0.163. The molecule has 0 aromatic carbocycles. The first-order chi connectivity index (χ1) is 2.77. The van der Waals surface area contributed by atoms with E-state index in [0.717, 1.165) is 0 Å². The summed E-state index contributed by atoms with van der Waals surface area (Å²) in [6.07, 6.45) is -0.711. The lowest BCUT2D eigenvalue weighted by Crippen LogP contribution is -2.11. The largest absolute Gasteiger partial charge is 0.450 e. The Balaban J connectivity index is 0. The monoisotopic (exact) mass is 123 g/mol. The van der Waals surface area contributed by atoms with E-state index in [1.807, 2.05) is 0 Å². The maximum Gasteiger partial charge on any atom is 0.404 e. The van der Waals surface area contributed by atoms with Crippen molar-refractivity contribution in [3.8, 4) is 0 Å². The van der Waals surface area contributed by atoms with Crippen LogP contribution in [-0.4, -0.2) is 12.7 Å². The van der Waals surface area contributed by atoms with Crippen LogP contribution in [0.4, 0.5) is 4.79 Å². The molecule has 1 amide bonds. The molecule has 0 saturated carbocycles. The Kier molecular flexibility index (Phi) is 8.02. The molecule has 0 rings (SSSR count). The van der Waals surface area contributed by atoms with Gasteiger partial charge in [0, 0.05) is 0 Å². The molecule has 0 bridgehead atoms. The predicted molar refractivity (Wildman–Crippen MR) is 32.3 cm³/mol. The van der Waals surface area contributed by atoms with Crippen LogP contribution in [0.5, 0.6) is 0 Å². The number of nitrogens with two attached hydrogens (primary N) is 1. The summed E-state index contributed by atoms with van der Waals surface area (Å²) in [5, 5.41) is 0. The molecule has 0 spiro atoms. The summed E-state index contributed by atoms with van der Waals surface area (Å²) in [5.74, 6) is 0. The van der Waals surface area contributed by atoms with E-state index in [1.165, 1.54) is 0 Å². The van der Waals surface area contributed by atoms with Crippen LogP contribution in [0, 0.1) is 0 Å². The van der Waals surface area contributed by atoms with Gasteiger partial charge in [0.1, 0.15) is 0 Å². The van der Waals surface area contributed by atoms with Crippen molar-refractivity contribution in [1.29, 1.82) is 0 Å². The van der Waals surface area contributed by atoms with Crippen molar-refractivity contribution in [2.75, 3.05) is 6.61 Å². The first-order valence-electron chi connectivity index (χ1n) is 1.69. The molecule has 1 unspecified atom stereocenters. The van der Waals surface area contributed by atoms with E-state index >= 15 is 0 Å². The van der Waals surface area contributed by atoms with Crippen LogP contribution >= 0.6 is 9.90 Å². The van der Waals surface area contributed by atoms with Gasteiger partial charge >= 0.3 is 6.09 Å². The summed E-state index contributed by atoms with van der Waals surface area (Å²) in [4.78, 5) is 9.60. The predicted octanol–water partition coefficient (Wildman–Crippen LogP) is 0.160. The Morgan fingerprint density at radius 2 is 2.29 bits per heavy atom. The molecule has 0 radical (unpaired) electrons. The Morgan fingerprint density at radius 1 is 1.86 bits per heavy atom. The molecule has 2 N–H and O–H groups in total. The SMILES string of the molecule is CCOC(N)=O.P. The van der Waals surface area contributed by atoms with Crippen molar-refractivity contribution in [1.82, 2.24) is 0 Å². The molecule has 0 aromatic heterocycles. The van der Waals surface area contributed by atoms with Gasteiger partial charge in [0.25, 0.3) is 0 Å². The second kappa shape index (κ2) is 5.70. The molecule has 0 aromatic rings. The Morgan fingerprint density at radius 3 is 2.29 bits per heavy atom. The molecule has 1 atom stereocenters. The first-order valence-corrected chi connectivity index (χ1v) is 1.69. The number of ether oxygens (including phenoxy) is 1. The number of hydrogen-bond donors (Lipinski definition) is 1. The minimum absolute atomic E-state index is 0. The van der Waals surface area contributed by atoms with E-state index in [2.05, 4.69) is 10.5 Å². The summed E-state index contributed by atoms with van der Waals surface area (Å²) < 4.78 is 4.18. The van der Waals surface area contributed by atoms with Gasteiger partial charge in [-0.15, -0.1) is 0 Å². The maximum absolute atomic E-state index is 9.60. The summed E-state index contributed by atoms with van der Waals surface area (Å²) in [6, 6.07) is 0. The molecule has 3 nitrogen and oxygen atoms in total. The van der Waals surface area contributed by atoms with Crippen molar-refractivity contribution in [3.63, 3.8) is 0 Å². The molecule has 44 valence electrons. The van der Waals surface area contributed by atoms with Crippen molar-refractivity contribution >= 4 is 16.0 Å². The molecule has 0 saturated heterocycles. The highest BCUT2D eigenvalue weighted by Gasteiger charge is 1.82. The molecule has 7 heavy (non-hydrogen) atoms. The number of amides is 1. The molecule has 4 heteroatoms. The lowest BCUT2D eigenvalue weighted by atomic mass is 10.9. The van der Waals surface area contributed by atoms with Crippen molar-refractivity contribution < 1.29 is 9.53 Å². The normalized spacial score (nSPS) is 6.43. The van der Waals surface area contributed by atoms with Gasteiger partial charge in [-0.1, -0.05) is 0 Å². The number of rotatable bonds is 1. The van der Waals surface area contributed by atoms with Gasteiger partial charge in [0.2, 0.25) is 0 Å². The molecule has 0 fully saturated rings. The fourth-order valence-corrected chi connectivity index (χ4v) is 0.142. The van der Waals surface area contributed by atoms with Crippen LogP contribution in [0.25, 0.3) is 0 Å². The second-order valence-electron chi connectivity index (χ2n) is 0.752. The molecule has 0 aliphatic heterocycles. The van der Waals surface area contributed by atoms with Crippen LogP contribution in [-0.2, 0) is 4.74 Å². The first kappa shape index (κ1) is 9.85. The minimum Gasteiger partial charge on any atom is -0.450 e. The zero-order valence-corrected chi connectivity index (χ0v) is 5.72. The molecular formula is C3H10NO2P. The molecular weight excluding hydrogens is 113 g/mol. The van der Waals surface area contributed by atoms with E-state index in [1.54, 1.807) is 6.92 Å². The van der Waals surface area contributed by atoms with E-state index in [0.29, 0.717) is 6.61 Å². The highest BCUT2D eigenvalue weighted by atomic mass is 31.0. The van der Waals surface area contributed by atoms with Gasteiger partial charge in [-0.05, 0) is 6.92 Å². The number of carbonyl (C=O) groups excluding carboxylic acids is 1. The van der Waals surface area contributed by atoms with Crippen LogP contribution in [0.15, 0.2) is 0 Å². The summed E-state index contributed by atoms with van der Waals surface area (Å²) in [7, 11) is 0. The van der Waals surface area contributed by atoms with Crippen LogP contribution in [0.3, 0.4) is 0 Å². The Bertz CT molecular complexity index is 56.9. The standard InChI is InChI=1S/C3H7NO2.H3P/c1-2-6-3(4)5;/h2H2,1H3,(H2,4,5);1H3. The fourth-order valence-electron chi connectivity index (χ4n) is 0.142. The zero-order chi connectivity index (χ0) is 4.99. The third kappa shape index (κ3) is 10.7. The van der Waals surface area contributed by atoms with Gasteiger partial charge in [-0.25, -0.2) is 4.79 Å². The van der Waals surface area contributed by atoms with Gasteiger partial charge < -0.3 is 10.5 Å². The third-order valence-corrected chi connectivity index (χ3v) is 0.287. The number of hydrogen-bond acceptors (Lipinski definition) is 2. The van der Waals surface area contributed by atoms with Crippen molar-refractivity contribution in [2.24, 2.45) is 5.73 Å². The highest BCUT2D eigenvalue weighted by Crippen LogP contribution is 1.66. The maximum atomic E-state index is 9.60. The molecule has 0 aliphatic carbocycles. The van der Waals surface area contributed by atoms with E-state index < -0.39 is 6.09 Å². The number of primary amides is 1. The molecule has 0 heterocycles. The Labute approximate surface area is 45.8 Å². The topological polar surface area (TPSA) is 52.3 Å². The van der Waals surface area contributed by atoms with Gasteiger partial charge in [0.15, 0.2) is 0 Å². The average molecular weight is 123 g/mol. The van der Waals surface area contributed by atoms with E-state index in [-0.39, 0.29) is 9.90 Å². The van der Waals surface area contributed by atoms with E-state index in [9.17, 15) is 4.79 Å². The second-order valence-corrected chi connectivity index (χ2v) is 0.752. The summed E-state index contributed by atoms with van der Waals surface area (Å²) >= 11 is 0. The molecule has 0 aliphatic rings. The van der Waals surface area contributed by atoms with Crippen LogP contribution in [0.2, 0.25) is 0 Å². The zero-order valence-electron chi connectivity index (χ0n) is 4.31. The smallest absolute Gasteiger partial charge is 0.404 e. The minimum atomic E-state index is -0.711. The Hall–Kier alpha value is -0.300. The third-order valence-electron chi connectivity index (χ3n) is 0.287. The quantitative estimate of drug-likeness (QED) is 0.505. The van der Waals surface area contributed by atoms with Gasteiger partial charge in [-0.2, -0.15) is 9.90 Å². The van der Waals surface area contributed by atoms with Crippen LogP contribution in [0.1, 0.15) is 6.92 Å². The van der Waals surface area contributed by atoms with Crippen LogP contribution < -0.4 is 5.73 Å². The van der Waals surface area contributed by atoms with Gasteiger partial charge in [-0.3, -0.25) is 0 Å². The lowest BCUT2D eigenvalue weighted by Gasteiger charge is -1.89. The summed E-state index contributed by atoms with van der Waals surface area (Å²) in [5.41, 5.74) is 4.54. The highest BCUT2D eigenvalue weighted by molar-refractivity contribution is 6.92. The van der Waals surface area contributed by atoms with E-state index in [4.69, 9.17) is 0 Å². The number of carbonyl (C=O) groups is 1. The fraction of sp³-hybridized carbons (Fsp3) is 0.667. The van der Waals surface area contributed by atoms with Crippen molar-refractivity contribution in [3.05, 3.63) is 0 Å². The van der Waals surface area contributed by atoms with Gasteiger partial charge in [0.05, 0.1) is 6.61 Å². The summed E-state index contributed by atoms with van der Waals surface area (Å²) in [6.45, 7) is 2.06. The van der Waals surface area contributed by atoms with Crippen molar-refractivity contribution in [2.45, 2.75) is 6.92 Å². The average Bonchev–Trinajstić information content (AvgIpc) is 1.35.